The summed E-state index contributed by atoms with van der Waals surface area (Å²) in [6.45, 7) is 1.88. The topological polar surface area (TPSA) is 35.0 Å². The zero-order chi connectivity index (χ0) is 12.4. The standard InChI is InChI=1S/C12H10BrClN2O/c1-7-5-11(14)16-12(15-7)9-6-8(17-2)3-4-10(9)13/h3-6H,1-2H3. The second kappa shape index (κ2) is 5.02. The number of benzene rings is 1. The van der Waals surface area contributed by atoms with Crippen LogP contribution >= 0.6 is 27.5 Å². The van der Waals surface area contributed by atoms with Gasteiger partial charge >= 0.3 is 0 Å². The Bertz CT molecular complexity index is 540. The Labute approximate surface area is 113 Å². The molecule has 0 saturated carbocycles. The molecule has 0 radical (unpaired) electrons. The molecule has 2 aromatic rings. The van der Waals surface area contributed by atoms with Crippen molar-refractivity contribution >= 4 is 27.5 Å². The molecule has 2 rings (SSSR count). The van der Waals surface area contributed by atoms with Gasteiger partial charge in [-0.15, -0.1) is 0 Å². The van der Waals surface area contributed by atoms with Crippen LogP contribution in [-0.2, 0) is 0 Å². The first-order valence-corrected chi connectivity index (χ1v) is 6.12. The lowest BCUT2D eigenvalue weighted by atomic mass is 10.2. The Morgan fingerprint density at radius 2 is 2.00 bits per heavy atom. The zero-order valence-electron chi connectivity index (χ0n) is 9.37. The van der Waals surface area contributed by atoms with Crippen molar-refractivity contribution in [3.05, 3.63) is 39.6 Å². The van der Waals surface area contributed by atoms with E-state index in [0.29, 0.717) is 11.0 Å². The lowest BCUT2D eigenvalue weighted by Crippen LogP contribution is -1.94. The number of rotatable bonds is 2. The molecule has 0 aliphatic rings. The highest BCUT2D eigenvalue weighted by molar-refractivity contribution is 9.10. The van der Waals surface area contributed by atoms with Gasteiger partial charge in [0.25, 0.3) is 0 Å². The predicted octanol–water partition coefficient (Wildman–Crippen LogP) is 3.88. The maximum absolute atomic E-state index is 5.93. The highest BCUT2D eigenvalue weighted by Crippen LogP contribution is 2.30. The summed E-state index contributed by atoms with van der Waals surface area (Å²) < 4.78 is 6.09. The van der Waals surface area contributed by atoms with Gasteiger partial charge in [0.15, 0.2) is 5.82 Å². The SMILES string of the molecule is COc1ccc(Br)c(-c2nc(C)cc(Cl)n2)c1. The largest absolute Gasteiger partial charge is 0.497 e. The molecule has 88 valence electrons. The van der Waals surface area contributed by atoms with Crippen LogP contribution in [0.25, 0.3) is 11.4 Å². The van der Waals surface area contributed by atoms with Crippen LogP contribution in [0.4, 0.5) is 0 Å². The Morgan fingerprint density at radius 3 is 2.65 bits per heavy atom. The van der Waals surface area contributed by atoms with Crippen molar-refractivity contribution in [2.75, 3.05) is 7.11 Å². The van der Waals surface area contributed by atoms with Crippen LogP contribution in [-0.4, -0.2) is 17.1 Å². The maximum atomic E-state index is 5.93. The lowest BCUT2D eigenvalue weighted by molar-refractivity contribution is 0.415. The van der Waals surface area contributed by atoms with Gasteiger partial charge in [-0.25, -0.2) is 9.97 Å². The van der Waals surface area contributed by atoms with Crippen molar-refractivity contribution in [1.82, 2.24) is 9.97 Å². The molecular weight excluding hydrogens is 304 g/mol. The van der Waals surface area contributed by atoms with Gasteiger partial charge in [-0.1, -0.05) is 27.5 Å². The van der Waals surface area contributed by atoms with Gasteiger partial charge in [0.2, 0.25) is 0 Å². The molecular formula is C12H10BrClN2O. The van der Waals surface area contributed by atoms with Crippen LogP contribution in [0.2, 0.25) is 5.15 Å². The van der Waals surface area contributed by atoms with Crippen LogP contribution in [0.5, 0.6) is 5.75 Å². The number of aryl methyl sites for hydroxylation is 1. The highest BCUT2D eigenvalue weighted by Gasteiger charge is 2.09. The molecule has 1 heterocycles. The van der Waals surface area contributed by atoms with Gasteiger partial charge in [-0.05, 0) is 31.2 Å². The summed E-state index contributed by atoms with van der Waals surface area (Å²) in [5, 5.41) is 0.433. The number of hydrogen-bond donors (Lipinski definition) is 0. The Kier molecular flexibility index (Phi) is 3.64. The van der Waals surface area contributed by atoms with E-state index in [4.69, 9.17) is 16.3 Å². The molecule has 17 heavy (non-hydrogen) atoms. The molecule has 1 aromatic carbocycles. The third kappa shape index (κ3) is 2.76. The summed E-state index contributed by atoms with van der Waals surface area (Å²) in [6, 6.07) is 7.35. The fourth-order valence-corrected chi connectivity index (χ4v) is 2.12. The predicted molar refractivity (Wildman–Crippen MR) is 71.5 cm³/mol. The minimum Gasteiger partial charge on any atom is -0.497 e. The van der Waals surface area contributed by atoms with E-state index in [-0.39, 0.29) is 0 Å². The number of aromatic nitrogens is 2. The van der Waals surface area contributed by atoms with Crippen molar-refractivity contribution in [3.8, 4) is 17.1 Å². The summed E-state index contributed by atoms with van der Waals surface area (Å²) >= 11 is 9.40. The molecule has 5 heteroatoms. The summed E-state index contributed by atoms with van der Waals surface area (Å²) in [5.41, 5.74) is 1.68. The molecule has 0 fully saturated rings. The van der Waals surface area contributed by atoms with Crippen LogP contribution in [0, 0.1) is 6.92 Å². The van der Waals surface area contributed by atoms with Crippen LogP contribution in [0.3, 0.4) is 0 Å². The van der Waals surface area contributed by atoms with E-state index >= 15 is 0 Å². The normalized spacial score (nSPS) is 10.4. The summed E-state index contributed by atoms with van der Waals surface area (Å²) in [7, 11) is 1.62. The minimum absolute atomic E-state index is 0.433. The molecule has 0 aliphatic heterocycles. The van der Waals surface area contributed by atoms with Crippen molar-refractivity contribution in [3.63, 3.8) is 0 Å². The quantitative estimate of drug-likeness (QED) is 0.789. The van der Waals surface area contributed by atoms with Crippen molar-refractivity contribution in [2.45, 2.75) is 6.92 Å². The van der Waals surface area contributed by atoms with E-state index in [9.17, 15) is 0 Å². The van der Waals surface area contributed by atoms with Gasteiger partial charge < -0.3 is 4.74 Å². The van der Waals surface area contributed by atoms with Gasteiger partial charge in [-0.2, -0.15) is 0 Å². The molecule has 0 N–H and O–H groups in total. The number of halogens is 2. The highest BCUT2D eigenvalue weighted by atomic mass is 79.9. The first-order chi connectivity index (χ1) is 8.10. The third-order valence-electron chi connectivity index (χ3n) is 2.24. The summed E-state index contributed by atoms with van der Waals surface area (Å²) in [4.78, 5) is 8.57. The molecule has 3 nitrogen and oxygen atoms in total. The van der Waals surface area contributed by atoms with E-state index < -0.39 is 0 Å². The molecule has 0 bridgehead atoms. The number of methoxy groups -OCH3 is 1. The zero-order valence-corrected chi connectivity index (χ0v) is 11.7. The molecule has 1 aromatic heterocycles. The maximum Gasteiger partial charge on any atom is 0.162 e. The van der Waals surface area contributed by atoms with Crippen molar-refractivity contribution in [1.29, 1.82) is 0 Å². The van der Waals surface area contributed by atoms with E-state index in [0.717, 1.165) is 21.5 Å². The van der Waals surface area contributed by atoms with E-state index in [1.165, 1.54) is 0 Å². The van der Waals surface area contributed by atoms with Crippen molar-refractivity contribution < 1.29 is 4.74 Å². The third-order valence-corrected chi connectivity index (χ3v) is 3.12. The van der Waals surface area contributed by atoms with Crippen LogP contribution in [0.15, 0.2) is 28.7 Å². The first-order valence-electron chi connectivity index (χ1n) is 4.95. The van der Waals surface area contributed by atoms with Gasteiger partial charge in [0.05, 0.1) is 7.11 Å². The van der Waals surface area contributed by atoms with Crippen LogP contribution in [0.1, 0.15) is 5.69 Å². The average molecular weight is 314 g/mol. The Hall–Kier alpha value is -1.13. The Balaban J connectivity index is 2.58. The van der Waals surface area contributed by atoms with E-state index in [1.54, 1.807) is 13.2 Å². The van der Waals surface area contributed by atoms with E-state index in [2.05, 4.69) is 25.9 Å². The fourth-order valence-electron chi connectivity index (χ4n) is 1.45. The van der Waals surface area contributed by atoms with Gasteiger partial charge in [-0.3, -0.25) is 0 Å². The minimum atomic E-state index is 0.433. The molecule has 0 atom stereocenters. The monoisotopic (exact) mass is 312 g/mol. The molecule has 0 aliphatic carbocycles. The Morgan fingerprint density at radius 1 is 1.24 bits per heavy atom. The van der Waals surface area contributed by atoms with Gasteiger partial charge in [0, 0.05) is 15.7 Å². The number of nitrogens with zero attached hydrogens (tertiary/aromatic N) is 2. The second-order valence-corrected chi connectivity index (χ2v) is 4.74. The van der Waals surface area contributed by atoms with Crippen molar-refractivity contribution in [2.24, 2.45) is 0 Å². The number of ether oxygens (including phenoxy) is 1. The number of hydrogen-bond acceptors (Lipinski definition) is 3. The molecule has 0 unspecified atom stereocenters. The smallest absolute Gasteiger partial charge is 0.162 e. The molecule has 0 spiro atoms. The molecule has 0 saturated heterocycles. The van der Waals surface area contributed by atoms with Gasteiger partial charge in [0.1, 0.15) is 10.9 Å². The average Bonchev–Trinajstić information content (AvgIpc) is 2.28. The van der Waals surface area contributed by atoms with Crippen LogP contribution < -0.4 is 4.74 Å². The fraction of sp³-hybridized carbons (Fsp3) is 0.167. The summed E-state index contributed by atoms with van der Waals surface area (Å²) in [6.07, 6.45) is 0. The van der Waals surface area contributed by atoms with E-state index in [1.807, 2.05) is 25.1 Å². The summed E-state index contributed by atoms with van der Waals surface area (Å²) in [5.74, 6) is 1.34. The molecule has 0 amide bonds. The second-order valence-electron chi connectivity index (χ2n) is 3.50. The first kappa shape index (κ1) is 12.3. The lowest BCUT2D eigenvalue weighted by Gasteiger charge is -2.07.